The second kappa shape index (κ2) is 9.45. The molecule has 1 N–H and O–H groups in total. The SMILES string of the molecule is CCCC1CCC(C(=O)O)C(N(CC)CC(CC)CC)C1. The van der Waals surface area contributed by atoms with Gasteiger partial charge in [-0.05, 0) is 37.6 Å². The van der Waals surface area contributed by atoms with Gasteiger partial charge in [0.25, 0.3) is 0 Å². The molecule has 0 aromatic carbocycles. The summed E-state index contributed by atoms with van der Waals surface area (Å²) >= 11 is 0. The van der Waals surface area contributed by atoms with Crippen molar-refractivity contribution < 1.29 is 9.90 Å². The van der Waals surface area contributed by atoms with Gasteiger partial charge < -0.3 is 5.11 Å². The lowest BCUT2D eigenvalue weighted by atomic mass is 9.75. The van der Waals surface area contributed by atoms with E-state index in [0.29, 0.717) is 5.92 Å². The molecule has 0 spiro atoms. The smallest absolute Gasteiger partial charge is 0.308 e. The van der Waals surface area contributed by atoms with E-state index in [1.807, 2.05) is 0 Å². The van der Waals surface area contributed by atoms with Crippen molar-refractivity contribution in [2.75, 3.05) is 13.1 Å². The van der Waals surface area contributed by atoms with Gasteiger partial charge in [0.15, 0.2) is 0 Å². The predicted molar refractivity (Wildman–Crippen MR) is 88.5 cm³/mol. The van der Waals surface area contributed by atoms with Crippen molar-refractivity contribution in [1.82, 2.24) is 4.90 Å². The molecule has 3 nitrogen and oxygen atoms in total. The molecule has 21 heavy (non-hydrogen) atoms. The Morgan fingerprint density at radius 2 is 1.86 bits per heavy atom. The molecule has 0 amide bonds. The van der Waals surface area contributed by atoms with Crippen LogP contribution in [0.1, 0.15) is 72.6 Å². The normalized spacial score (nSPS) is 26.5. The van der Waals surface area contributed by atoms with Gasteiger partial charge in [0.1, 0.15) is 0 Å². The minimum atomic E-state index is -0.585. The van der Waals surface area contributed by atoms with Crippen molar-refractivity contribution in [3.05, 3.63) is 0 Å². The van der Waals surface area contributed by atoms with Crippen LogP contribution in [0, 0.1) is 17.8 Å². The molecule has 1 rings (SSSR count). The van der Waals surface area contributed by atoms with Crippen LogP contribution in [0.15, 0.2) is 0 Å². The number of hydrogen-bond donors (Lipinski definition) is 1. The Hall–Kier alpha value is -0.570. The highest BCUT2D eigenvalue weighted by atomic mass is 16.4. The summed E-state index contributed by atoms with van der Waals surface area (Å²) in [5.41, 5.74) is 0. The number of carboxylic acids is 1. The molecule has 0 heterocycles. The number of aliphatic carboxylic acids is 1. The molecule has 3 unspecified atom stereocenters. The summed E-state index contributed by atoms with van der Waals surface area (Å²) in [5.74, 6) is 0.683. The van der Waals surface area contributed by atoms with Crippen LogP contribution in [0.2, 0.25) is 0 Å². The number of nitrogens with zero attached hydrogens (tertiary/aromatic N) is 1. The van der Waals surface area contributed by atoms with E-state index in [1.54, 1.807) is 0 Å². The first kappa shape index (κ1) is 18.5. The van der Waals surface area contributed by atoms with E-state index in [1.165, 1.54) is 25.7 Å². The van der Waals surface area contributed by atoms with Crippen LogP contribution in [0.5, 0.6) is 0 Å². The van der Waals surface area contributed by atoms with E-state index < -0.39 is 5.97 Å². The summed E-state index contributed by atoms with van der Waals surface area (Å²) < 4.78 is 0. The first-order valence-corrected chi connectivity index (χ1v) is 9.03. The van der Waals surface area contributed by atoms with E-state index in [-0.39, 0.29) is 12.0 Å². The van der Waals surface area contributed by atoms with E-state index in [9.17, 15) is 9.90 Å². The topological polar surface area (TPSA) is 40.5 Å². The predicted octanol–water partition coefficient (Wildman–Crippen LogP) is 4.41. The minimum absolute atomic E-state index is 0.160. The fourth-order valence-corrected chi connectivity index (χ4v) is 3.97. The molecule has 124 valence electrons. The largest absolute Gasteiger partial charge is 0.481 e. The Labute approximate surface area is 131 Å². The monoisotopic (exact) mass is 297 g/mol. The third-order valence-corrected chi connectivity index (χ3v) is 5.46. The van der Waals surface area contributed by atoms with Crippen molar-refractivity contribution in [3.63, 3.8) is 0 Å². The summed E-state index contributed by atoms with van der Waals surface area (Å²) in [6, 6.07) is 0.249. The van der Waals surface area contributed by atoms with Gasteiger partial charge in [0, 0.05) is 12.6 Å². The van der Waals surface area contributed by atoms with E-state index in [0.717, 1.165) is 38.3 Å². The van der Waals surface area contributed by atoms with Gasteiger partial charge in [0.2, 0.25) is 0 Å². The summed E-state index contributed by atoms with van der Waals surface area (Å²) in [7, 11) is 0. The van der Waals surface area contributed by atoms with Crippen molar-refractivity contribution in [2.24, 2.45) is 17.8 Å². The second-order valence-electron chi connectivity index (χ2n) is 6.75. The van der Waals surface area contributed by atoms with Crippen LogP contribution < -0.4 is 0 Å². The average molecular weight is 297 g/mol. The highest BCUT2D eigenvalue weighted by Gasteiger charge is 2.37. The summed E-state index contributed by atoms with van der Waals surface area (Å²) in [4.78, 5) is 14.1. The van der Waals surface area contributed by atoms with Crippen LogP contribution in [0.25, 0.3) is 0 Å². The summed E-state index contributed by atoms with van der Waals surface area (Å²) in [5, 5.41) is 9.59. The first-order chi connectivity index (χ1) is 10.1. The minimum Gasteiger partial charge on any atom is -0.481 e. The van der Waals surface area contributed by atoms with E-state index in [4.69, 9.17) is 0 Å². The molecule has 0 bridgehead atoms. The Morgan fingerprint density at radius 3 is 2.33 bits per heavy atom. The van der Waals surface area contributed by atoms with Gasteiger partial charge in [-0.3, -0.25) is 9.69 Å². The third kappa shape index (κ3) is 5.28. The fraction of sp³-hybridized carbons (Fsp3) is 0.944. The van der Waals surface area contributed by atoms with Crippen molar-refractivity contribution in [3.8, 4) is 0 Å². The van der Waals surface area contributed by atoms with Crippen molar-refractivity contribution >= 4 is 5.97 Å². The first-order valence-electron chi connectivity index (χ1n) is 9.03. The Morgan fingerprint density at radius 1 is 1.19 bits per heavy atom. The number of carboxylic acid groups (broad SMARTS) is 1. The van der Waals surface area contributed by atoms with E-state index in [2.05, 4.69) is 32.6 Å². The molecule has 1 aliphatic carbocycles. The van der Waals surface area contributed by atoms with Gasteiger partial charge in [-0.15, -0.1) is 0 Å². The molecule has 1 fully saturated rings. The summed E-state index contributed by atoms with van der Waals surface area (Å²) in [6.07, 6.45) is 7.90. The average Bonchev–Trinajstić information content (AvgIpc) is 2.48. The lowest BCUT2D eigenvalue weighted by molar-refractivity contribution is -0.146. The van der Waals surface area contributed by atoms with Crippen LogP contribution in [-0.4, -0.2) is 35.1 Å². The van der Waals surface area contributed by atoms with Crippen molar-refractivity contribution in [2.45, 2.75) is 78.7 Å². The Bertz CT molecular complexity index is 302. The van der Waals surface area contributed by atoms with Crippen LogP contribution >= 0.6 is 0 Å². The third-order valence-electron chi connectivity index (χ3n) is 5.46. The van der Waals surface area contributed by atoms with Crippen LogP contribution in [0.3, 0.4) is 0 Å². The molecule has 0 saturated heterocycles. The maximum Gasteiger partial charge on any atom is 0.308 e. The van der Waals surface area contributed by atoms with Gasteiger partial charge >= 0.3 is 5.97 Å². The lowest BCUT2D eigenvalue weighted by Crippen LogP contribution is -2.48. The van der Waals surface area contributed by atoms with Gasteiger partial charge in [0.05, 0.1) is 5.92 Å². The maximum atomic E-state index is 11.6. The molecule has 0 aromatic heterocycles. The zero-order chi connectivity index (χ0) is 15.8. The molecule has 1 aliphatic rings. The quantitative estimate of drug-likeness (QED) is 0.685. The molecule has 0 aliphatic heterocycles. The molecule has 1 saturated carbocycles. The molecule has 3 heteroatoms. The zero-order valence-electron chi connectivity index (χ0n) is 14.5. The van der Waals surface area contributed by atoms with Gasteiger partial charge in [-0.25, -0.2) is 0 Å². The molecular weight excluding hydrogens is 262 g/mol. The molecule has 0 aromatic rings. The van der Waals surface area contributed by atoms with Crippen LogP contribution in [-0.2, 0) is 4.79 Å². The van der Waals surface area contributed by atoms with Crippen molar-refractivity contribution in [1.29, 1.82) is 0 Å². The zero-order valence-corrected chi connectivity index (χ0v) is 14.5. The highest BCUT2D eigenvalue weighted by Crippen LogP contribution is 2.35. The Balaban J connectivity index is 2.79. The highest BCUT2D eigenvalue weighted by molar-refractivity contribution is 5.71. The van der Waals surface area contributed by atoms with E-state index >= 15 is 0 Å². The maximum absolute atomic E-state index is 11.6. The molecule has 0 radical (unpaired) electrons. The number of rotatable bonds is 9. The lowest BCUT2D eigenvalue weighted by Gasteiger charge is -2.42. The molecule has 3 atom stereocenters. The van der Waals surface area contributed by atoms with Gasteiger partial charge in [-0.2, -0.15) is 0 Å². The molecular formula is C18H35NO2. The second-order valence-corrected chi connectivity index (χ2v) is 6.75. The van der Waals surface area contributed by atoms with Gasteiger partial charge in [-0.1, -0.05) is 53.4 Å². The Kier molecular flexibility index (Phi) is 8.31. The summed E-state index contributed by atoms with van der Waals surface area (Å²) in [6.45, 7) is 11.0. The number of hydrogen-bond acceptors (Lipinski definition) is 2. The standard InChI is InChI=1S/C18H35NO2/c1-5-9-15-10-11-16(18(20)21)17(12-15)19(8-4)13-14(6-2)7-3/h14-17H,5-13H2,1-4H3,(H,20,21). The number of carbonyl (C=O) groups is 1. The fourth-order valence-electron chi connectivity index (χ4n) is 3.97. The van der Waals surface area contributed by atoms with Crippen LogP contribution in [0.4, 0.5) is 0 Å².